The average Bonchev–Trinajstić information content (AvgIpc) is 2.88. The molecule has 1 amide bonds. The third-order valence-corrected chi connectivity index (χ3v) is 5.41. The predicted molar refractivity (Wildman–Crippen MR) is 87.9 cm³/mol. The smallest absolute Gasteiger partial charge is 0.257 e. The number of aromatic nitrogens is 2. The van der Waals surface area contributed by atoms with Crippen molar-refractivity contribution in [2.75, 3.05) is 0 Å². The van der Waals surface area contributed by atoms with Crippen LogP contribution in [0.15, 0.2) is 6.20 Å². The molecule has 2 fully saturated rings. The van der Waals surface area contributed by atoms with Crippen molar-refractivity contribution in [2.45, 2.75) is 83.2 Å². The highest BCUT2D eigenvalue weighted by atomic mass is 16.2. The molecule has 122 valence electrons. The Balaban J connectivity index is 1.86. The van der Waals surface area contributed by atoms with Crippen LogP contribution in [0, 0.1) is 6.92 Å². The summed E-state index contributed by atoms with van der Waals surface area (Å²) in [7, 11) is 1.90. The molecule has 4 heteroatoms. The highest BCUT2D eigenvalue weighted by Crippen LogP contribution is 2.31. The van der Waals surface area contributed by atoms with Gasteiger partial charge in [0.1, 0.15) is 0 Å². The molecule has 0 radical (unpaired) electrons. The number of hydrogen-bond acceptors (Lipinski definition) is 2. The minimum absolute atomic E-state index is 0.226. The van der Waals surface area contributed by atoms with Crippen molar-refractivity contribution in [1.82, 2.24) is 14.7 Å². The summed E-state index contributed by atoms with van der Waals surface area (Å²) < 4.78 is 1.77. The van der Waals surface area contributed by atoms with Crippen LogP contribution in [0.25, 0.3) is 0 Å². The fraction of sp³-hybridized carbons (Fsp3) is 0.778. The summed E-state index contributed by atoms with van der Waals surface area (Å²) in [6.45, 7) is 1.95. The first-order valence-electron chi connectivity index (χ1n) is 8.99. The third kappa shape index (κ3) is 3.21. The monoisotopic (exact) mass is 303 g/mol. The first kappa shape index (κ1) is 15.6. The zero-order valence-corrected chi connectivity index (χ0v) is 14.1. The van der Waals surface area contributed by atoms with E-state index in [-0.39, 0.29) is 5.91 Å². The van der Waals surface area contributed by atoms with Gasteiger partial charge in [-0.05, 0) is 32.6 Å². The second-order valence-electron chi connectivity index (χ2n) is 7.10. The quantitative estimate of drug-likeness (QED) is 0.851. The van der Waals surface area contributed by atoms with Crippen LogP contribution >= 0.6 is 0 Å². The van der Waals surface area contributed by atoms with Crippen LogP contribution < -0.4 is 0 Å². The first-order valence-corrected chi connectivity index (χ1v) is 8.99. The molecule has 0 aromatic carbocycles. The fourth-order valence-corrected chi connectivity index (χ4v) is 4.30. The number of carbonyl (C=O) groups excluding carboxylic acids is 1. The average molecular weight is 303 g/mol. The molecule has 1 aromatic heterocycles. The summed E-state index contributed by atoms with van der Waals surface area (Å²) in [6.07, 6.45) is 14.4. The molecular weight excluding hydrogens is 274 g/mol. The topological polar surface area (TPSA) is 38.1 Å². The highest BCUT2D eigenvalue weighted by Gasteiger charge is 2.34. The molecule has 0 atom stereocenters. The van der Waals surface area contributed by atoms with Crippen molar-refractivity contribution < 1.29 is 4.79 Å². The summed E-state index contributed by atoms with van der Waals surface area (Å²) in [6, 6.07) is 0.896. The lowest BCUT2D eigenvalue weighted by Crippen LogP contribution is -2.48. The van der Waals surface area contributed by atoms with E-state index in [0.717, 1.165) is 11.3 Å². The summed E-state index contributed by atoms with van der Waals surface area (Å²) in [5.74, 6) is 0.226. The third-order valence-electron chi connectivity index (χ3n) is 5.41. The second-order valence-corrected chi connectivity index (χ2v) is 7.10. The molecule has 0 unspecified atom stereocenters. The van der Waals surface area contributed by atoms with Crippen LogP contribution in [0.2, 0.25) is 0 Å². The lowest BCUT2D eigenvalue weighted by Gasteiger charge is -2.41. The van der Waals surface area contributed by atoms with Crippen molar-refractivity contribution in [3.05, 3.63) is 17.5 Å². The van der Waals surface area contributed by atoms with E-state index in [0.29, 0.717) is 12.1 Å². The summed E-state index contributed by atoms with van der Waals surface area (Å²) in [5.41, 5.74) is 1.67. The Labute approximate surface area is 133 Å². The van der Waals surface area contributed by atoms with E-state index in [4.69, 9.17) is 0 Å². The van der Waals surface area contributed by atoms with Crippen LogP contribution in [0.4, 0.5) is 0 Å². The van der Waals surface area contributed by atoms with E-state index >= 15 is 0 Å². The van der Waals surface area contributed by atoms with E-state index in [1.54, 1.807) is 4.68 Å². The first-order chi connectivity index (χ1) is 10.7. The number of aryl methyl sites for hydroxylation is 2. The number of hydrogen-bond donors (Lipinski definition) is 0. The minimum Gasteiger partial charge on any atom is -0.333 e. The summed E-state index contributed by atoms with van der Waals surface area (Å²) >= 11 is 0. The Kier molecular flexibility index (Phi) is 4.84. The molecular formula is C18H29N3O. The molecule has 0 saturated heterocycles. The van der Waals surface area contributed by atoms with Gasteiger partial charge in [-0.3, -0.25) is 9.48 Å². The molecule has 2 saturated carbocycles. The van der Waals surface area contributed by atoms with Gasteiger partial charge in [0.15, 0.2) is 0 Å². The summed E-state index contributed by atoms with van der Waals surface area (Å²) in [5, 5.41) is 4.37. The van der Waals surface area contributed by atoms with Gasteiger partial charge in [0, 0.05) is 25.3 Å². The Morgan fingerprint density at radius 2 is 1.55 bits per heavy atom. The number of rotatable bonds is 3. The van der Waals surface area contributed by atoms with E-state index in [1.807, 2.05) is 20.2 Å². The molecule has 4 nitrogen and oxygen atoms in total. The minimum atomic E-state index is 0.226. The Hall–Kier alpha value is -1.32. The van der Waals surface area contributed by atoms with Gasteiger partial charge in [-0.25, -0.2) is 0 Å². The molecule has 0 aliphatic heterocycles. The van der Waals surface area contributed by atoms with Crippen molar-refractivity contribution in [3.8, 4) is 0 Å². The number of carbonyl (C=O) groups is 1. The highest BCUT2D eigenvalue weighted by molar-refractivity contribution is 5.95. The molecule has 0 N–H and O–H groups in total. The lowest BCUT2D eigenvalue weighted by molar-refractivity contribution is 0.0447. The second kappa shape index (κ2) is 6.84. The predicted octanol–water partition coefficient (Wildman–Crippen LogP) is 3.84. The molecule has 3 rings (SSSR count). The molecule has 2 aliphatic carbocycles. The zero-order chi connectivity index (χ0) is 15.5. The zero-order valence-electron chi connectivity index (χ0n) is 14.1. The van der Waals surface area contributed by atoms with Gasteiger partial charge in [-0.2, -0.15) is 5.10 Å². The SMILES string of the molecule is Cc1nn(C)cc1C(=O)N(C1CCCCC1)C1CCCCC1. The standard InChI is InChI=1S/C18H29N3O/c1-14-17(13-20(2)19-14)18(22)21(15-9-5-3-6-10-15)16-11-7-4-8-12-16/h13,15-16H,3-12H2,1-2H3. The van der Waals surface area contributed by atoms with Crippen LogP contribution in [0.5, 0.6) is 0 Å². The number of nitrogens with zero attached hydrogens (tertiary/aromatic N) is 3. The van der Waals surface area contributed by atoms with Gasteiger partial charge in [0.25, 0.3) is 5.91 Å². The van der Waals surface area contributed by atoms with Crippen molar-refractivity contribution in [3.63, 3.8) is 0 Å². The molecule has 1 aromatic rings. The van der Waals surface area contributed by atoms with Gasteiger partial charge in [-0.1, -0.05) is 38.5 Å². The van der Waals surface area contributed by atoms with Gasteiger partial charge in [-0.15, -0.1) is 0 Å². The van der Waals surface area contributed by atoms with Crippen LogP contribution in [0.3, 0.4) is 0 Å². The Bertz CT molecular complexity index is 492. The molecule has 1 heterocycles. The van der Waals surface area contributed by atoms with Gasteiger partial charge < -0.3 is 4.90 Å². The van der Waals surface area contributed by atoms with Crippen LogP contribution in [0.1, 0.15) is 80.3 Å². The largest absolute Gasteiger partial charge is 0.333 e. The Morgan fingerprint density at radius 1 is 1.05 bits per heavy atom. The maximum atomic E-state index is 13.3. The Morgan fingerprint density at radius 3 is 1.95 bits per heavy atom. The van der Waals surface area contributed by atoms with Crippen molar-refractivity contribution >= 4 is 5.91 Å². The van der Waals surface area contributed by atoms with Gasteiger partial charge >= 0.3 is 0 Å². The fourth-order valence-electron chi connectivity index (χ4n) is 4.30. The lowest BCUT2D eigenvalue weighted by atomic mass is 9.88. The van der Waals surface area contributed by atoms with E-state index in [9.17, 15) is 4.79 Å². The van der Waals surface area contributed by atoms with Crippen molar-refractivity contribution in [1.29, 1.82) is 0 Å². The van der Waals surface area contributed by atoms with Crippen LogP contribution in [-0.2, 0) is 7.05 Å². The normalized spacial score (nSPS) is 21.0. The maximum absolute atomic E-state index is 13.3. The van der Waals surface area contributed by atoms with Gasteiger partial charge in [0.2, 0.25) is 0 Å². The van der Waals surface area contributed by atoms with Crippen LogP contribution in [-0.4, -0.2) is 32.7 Å². The molecule has 22 heavy (non-hydrogen) atoms. The molecule has 2 aliphatic rings. The summed E-state index contributed by atoms with van der Waals surface area (Å²) in [4.78, 5) is 15.5. The number of amides is 1. The van der Waals surface area contributed by atoms with E-state index < -0.39 is 0 Å². The van der Waals surface area contributed by atoms with Crippen molar-refractivity contribution in [2.24, 2.45) is 7.05 Å². The molecule has 0 spiro atoms. The van der Waals surface area contributed by atoms with Gasteiger partial charge in [0.05, 0.1) is 11.3 Å². The maximum Gasteiger partial charge on any atom is 0.257 e. The van der Waals surface area contributed by atoms with E-state index in [1.165, 1.54) is 64.2 Å². The van der Waals surface area contributed by atoms with E-state index in [2.05, 4.69) is 10.00 Å². The molecule has 0 bridgehead atoms.